The van der Waals surface area contributed by atoms with Gasteiger partial charge in [-0.1, -0.05) is 63.4 Å². The number of hydrogen-bond acceptors (Lipinski definition) is 3. The van der Waals surface area contributed by atoms with E-state index in [1.165, 1.54) is 25.7 Å². The van der Waals surface area contributed by atoms with E-state index in [1.807, 2.05) is 24.3 Å². The quantitative estimate of drug-likeness (QED) is 0.214. The SMILES string of the molecule is CCCCCC(C)(C)CNCc1cccc(/C(N)=N/O)c1. The summed E-state index contributed by atoms with van der Waals surface area (Å²) in [5.74, 6) is 0.150. The molecule has 4 heteroatoms. The first-order valence-electron chi connectivity index (χ1n) is 7.76. The summed E-state index contributed by atoms with van der Waals surface area (Å²) < 4.78 is 0. The molecule has 0 aliphatic heterocycles. The topological polar surface area (TPSA) is 70.6 Å². The van der Waals surface area contributed by atoms with Crippen LogP contribution in [0.25, 0.3) is 0 Å². The van der Waals surface area contributed by atoms with E-state index in [4.69, 9.17) is 10.9 Å². The minimum atomic E-state index is 0.150. The number of rotatable bonds is 9. The first-order valence-corrected chi connectivity index (χ1v) is 7.76. The zero-order valence-electron chi connectivity index (χ0n) is 13.5. The molecule has 0 amide bonds. The predicted octanol–water partition coefficient (Wildman–Crippen LogP) is 3.48. The minimum absolute atomic E-state index is 0.150. The number of oxime groups is 1. The number of benzene rings is 1. The highest BCUT2D eigenvalue weighted by molar-refractivity contribution is 5.97. The third-order valence-corrected chi connectivity index (χ3v) is 3.72. The number of nitrogens with zero attached hydrogens (tertiary/aromatic N) is 1. The average Bonchev–Trinajstić information content (AvgIpc) is 2.46. The molecule has 0 spiro atoms. The van der Waals surface area contributed by atoms with Crippen molar-refractivity contribution in [1.82, 2.24) is 5.32 Å². The Hall–Kier alpha value is -1.55. The van der Waals surface area contributed by atoms with Crippen molar-refractivity contribution >= 4 is 5.84 Å². The maximum Gasteiger partial charge on any atom is 0.170 e. The third kappa shape index (κ3) is 6.63. The average molecular weight is 291 g/mol. The van der Waals surface area contributed by atoms with Crippen LogP contribution in [-0.2, 0) is 6.54 Å². The summed E-state index contributed by atoms with van der Waals surface area (Å²) in [5, 5.41) is 15.3. The maximum atomic E-state index is 8.71. The Morgan fingerprint density at radius 1 is 1.33 bits per heavy atom. The van der Waals surface area contributed by atoms with Crippen molar-refractivity contribution in [2.24, 2.45) is 16.3 Å². The fraction of sp³-hybridized carbons (Fsp3) is 0.588. The third-order valence-electron chi connectivity index (χ3n) is 3.72. The first kappa shape index (κ1) is 17.5. The molecular formula is C17H29N3O. The van der Waals surface area contributed by atoms with Crippen LogP contribution in [0.3, 0.4) is 0 Å². The van der Waals surface area contributed by atoms with Crippen molar-refractivity contribution in [3.63, 3.8) is 0 Å². The Balaban J connectivity index is 2.45. The van der Waals surface area contributed by atoms with Crippen molar-refractivity contribution in [1.29, 1.82) is 0 Å². The zero-order chi connectivity index (χ0) is 15.7. The van der Waals surface area contributed by atoms with Gasteiger partial charge < -0.3 is 16.3 Å². The molecular weight excluding hydrogens is 262 g/mol. The molecule has 0 atom stereocenters. The van der Waals surface area contributed by atoms with Gasteiger partial charge in [-0.05, 0) is 23.5 Å². The normalized spacial score (nSPS) is 12.6. The highest BCUT2D eigenvalue weighted by Gasteiger charge is 2.16. The zero-order valence-corrected chi connectivity index (χ0v) is 13.5. The molecule has 0 fully saturated rings. The van der Waals surface area contributed by atoms with Crippen LogP contribution < -0.4 is 11.1 Å². The van der Waals surface area contributed by atoms with E-state index < -0.39 is 0 Å². The lowest BCUT2D eigenvalue weighted by Crippen LogP contribution is -2.29. The van der Waals surface area contributed by atoms with Crippen molar-refractivity contribution in [2.75, 3.05) is 6.54 Å². The van der Waals surface area contributed by atoms with Crippen LogP contribution in [0.1, 0.15) is 57.6 Å². The van der Waals surface area contributed by atoms with E-state index in [2.05, 4.69) is 31.2 Å². The highest BCUT2D eigenvalue weighted by atomic mass is 16.4. The Kier molecular flexibility index (Phi) is 7.23. The van der Waals surface area contributed by atoms with Crippen LogP contribution in [0.4, 0.5) is 0 Å². The number of amidine groups is 1. The molecule has 21 heavy (non-hydrogen) atoms. The van der Waals surface area contributed by atoms with Gasteiger partial charge >= 0.3 is 0 Å². The molecule has 0 aromatic heterocycles. The maximum absolute atomic E-state index is 8.71. The minimum Gasteiger partial charge on any atom is -0.409 e. The Morgan fingerprint density at radius 3 is 2.76 bits per heavy atom. The van der Waals surface area contributed by atoms with Gasteiger partial charge in [0.1, 0.15) is 0 Å². The van der Waals surface area contributed by atoms with E-state index in [0.29, 0.717) is 5.41 Å². The number of nitrogens with two attached hydrogens (primary N) is 1. The van der Waals surface area contributed by atoms with Crippen LogP contribution in [0, 0.1) is 5.41 Å². The molecule has 0 aliphatic carbocycles. The second kappa shape index (κ2) is 8.67. The van der Waals surface area contributed by atoms with Gasteiger partial charge in [0.05, 0.1) is 0 Å². The lowest BCUT2D eigenvalue weighted by Gasteiger charge is -2.25. The largest absolute Gasteiger partial charge is 0.409 e. The van der Waals surface area contributed by atoms with Gasteiger partial charge in [-0.15, -0.1) is 0 Å². The summed E-state index contributed by atoms with van der Waals surface area (Å²) in [6.07, 6.45) is 5.12. The molecule has 1 rings (SSSR count). The standard InChI is InChI=1S/C17H29N3O/c1-4-5-6-10-17(2,3)13-19-12-14-8-7-9-15(11-14)16(18)20-21/h7-9,11,19,21H,4-6,10,12-13H2,1-3H3,(H2,18,20). The van der Waals surface area contributed by atoms with Crippen molar-refractivity contribution in [2.45, 2.75) is 53.0 Å². The molecule has 4 N–H and O–H groups in total. The fourth-order valence-electron chi connectivity index (χ4n) is 2.39. The lowest BCUT2D eigenvalue weighted by molar-refractivity contribution is 0.302. The molecule has 0 saturated heterocycles. The van der Waals surface area contributed by atoms with E-state index in [-0.39, 0.29) is 5.84 Å². The van der Waals surface area contributed by atoms with Crippen molar-refractivity contribution in [3.8, 4) is 0 Å². The van der Waals surface area contributed by atoms with Crippen LogP contribution in [0.15, 0.2) is 29.4 Å². The van der Waals surface area contributed by atoms with Gasteiger partial charge in [-0.3, -0.25) is 0 Å². The van der Waals surface area contributed by atoms with E-state index >= 15 is 0 Å². The second-order valence-corrected chi connectivity index (χ2v) is 6.41. The van der Waals surface area contributed by atoms with Crippen molar-refractivity contribution in [3.05, 3.63) is 35.4 Å². The van der Waals surface area contributed by atoms with E-state index in [9.17, 15) is 0 Å². The summed E-state index contributed by atoms with van der Waals surface area (Å²) in [5.41, 5.74) is 7.82. The van der Waals surface area contributed by atoms with E-state index in [1.54, 1.807) is 0 Å². The molecule has 0 saturated carbocycles. The van der Waals surface area contributed by atoms with Crippen LogP contribution in [-0.4, -0.2) is 17.6 Å². The lowest BCUT2D eigenvalue weighted by atomic mass is 9.87. The molecule has 0 unspecified atom stereocenters. The molecule has 1 aromatic carbocycles. The van der Waals surface area contributed by atoms with Gasteiger partial charge in [0.15, 0.2) is 5.84 Å². The molecule has 0 bridgehead atoms. The fourth-order valence-corrected chi connectivity index (χ4v) is 2.39. The molecule has 118 valence electrons. The second-order valence-electron chi connectivity index (χ2n) is 6.41. The summed E-state index contributed by atoms with van der Waals surface area (Å²) in [7, 11) is 0. The summed E-state index contributed by atoms with van der Waals surface area (Å²) in [4.78, 5) is 0. The predicted molar refractivity (Wildman–Crippen MR) is 88.6 cm³/mol. The van der Waals surface area contributed by atoms with Crippen LogP contribution >= 0.6 is 0 Å². The summed E-state index contributed by atoms with van der Waals surface area (Å²) in [6, 6.07) is 7.77. The smallest absolute Gasteiger partial charge is 0.170 e. The highest BCUT2D eigenvalue weighted by Crippen LogP contribution is 2.22. The summed E-state index contributed by atoms with van der Waals surface area (Å²) in [6.45, 7) is 8.64. The first-order chi connectivity index (χ1) is 9.98. The van der Waals surface area contributed by atoms with Gasteiger partial charge in [0.2, 0.25) is 0 Å². The molecule has 0 aliphatic rings. The van der Waals surface area contributed by atoms with Gasteiger partial charge in [0.25, 0.3) is 0 Å². The molecule has 1 aromatic rings. The van der Waals surface area contributed by atoms with Crippen LogP contribution in [0.2, 0.25) is 0 Å². The van der Waals surface area contributed by atoms with Gasteiger partial charge in [0, 0.05) is 18.7 Å². The van der Waals surface area contributed by atoms with Crippen LogP contribution in [0.5, 0.6) is 0 Å². The number of nitrogens with one attached hydrogen (secondary N) is 1. The monoisotopic (exact) mass is 291 g/mol. The summed E-state index contributed by atoms with van der Waals surface area (Å²) >= 11 is 0. The Bertz CT molecular complexity index is 455. The van der Waals surface area contributed by atoms with Crippen molar-refractivity contribution < 1.29 is 5.21 Å². The number of hydrogen-bond donors (Lipinski definition) is 3. The number of unbranched alkanes of at least 4 members (excludes halogenated alkanes) is 2. The molecule has 4 nitrogen and oxygen atoms in total. The van der Waals surface area contributed by atoms with Gasteiger partial charge in [-0.25, -0.2) is 0 Å². The molecule has 0 heterocycles. The Labute approximate surface area is 128 Å². The molecule has 0 radical (unpaired) electrons. The van der Waals surface area contributed by atoms with Gasteiger partial charge in [-0.2, -0.15) is 0 Å². The Morgan fingerprint density at radius 2 is 2.10 bits per heavy atom. The van der Waals surface area contributed by atoms with E-state index in [0.717, 1.165) is 24.2 Å².